The van der Waals surface area contributed by atoms with Gasteiger partial charge in [0.1, 0.15) is 23.6 Å². The smallest absolute Gasteiger partial charge is 0.277 e. The first-order valence-corrected chi connectivity index (χ1v) is 10.7. The quantitative estimate of drug-likeness (QED) is 0.276. The molecule has 0 atom stereocenters. The van der Waals surface area contributed by atoms with Crippen LogP contribution in [0.4, 0.5) is 0 Å². The van der Waals surface area contributed by atoms with Crippen molar-refractivity contribution in [2.75, 3.05) is 6.61 Å². The monoisotopic (exact) mass is 489 g/mol. The maximum Gasteiger partial charge on any atom is 0.277 e. The third-order valence-electron chi connectivity index (χ3n) is 4.55. The van der Waals surface area contributed by atoms with Crippen LogP contribution < -0.4 is 14.9 Å². The molecular weight excluding hydrogens is 470 g/mol. The molecule has 1 aromatic heterocycles. The van der Waals surface area contributed by atoms with Gasteiger partial charge in [0.2, 0.25) is 0 Å². The Bertz CT molecular complexity index is 1240. The van der Waals surface area contributed by atoms with E-state index in [0.29, 0.717) is 17.9 Å². The Morgan fingerprint density at radius 2 is 1.81 bits per heavy atom. The first-order chi connectivity index (χ1) is 15.7. The zero-order valence-corrected chi connectivity index (χ0v) is 18.7. The second-order valence-electron chi connectivity index (χ2n) is 6.88. The van der Waals surface area contributed by atoms with Gasteiger partial charge in [0.15, 0.2) is 6.61 Å². The van der Waals surface area contributed by atoms with Gasteiger partial charge < -0.3 is 9.47 Å². The molecule has 0 fully saturated rings. The van der Waals surface area contributed by atoms with E-state index in [1.807, 2.05) is 72.8 Å². The molecule has 32 heavy (non-hydrogen) atoms. The van der Waals surface area contributed by atoms with Crippen molar-refractivity contribution < 1.29 is 14.3 Å². The number of hydrazone groups is 1. The van der Waals surface area contributed by atoms with Crippen LogP contribution in [0.25, 0.3) is 10.9 Å². The van der Waals surface area contributed by atoms with E-state index < -0.39 is 0 Å². The summed E-state index contributed by atoms with van der Waals surface area (Å²) in [6.45, 7) is 0.318. The Morgan fingerprint density at radius 3 is 2.66 bits per heavy atom. The van der Waals surface area contributed by atoms with Gasteiger partial charge in [0.25, 0.3) is 5.91 Å². The highest BCUT2D eigenvalue weighted by Gasteiger charge is 2.06. The van der Waals surface area contributed by atoms with Gasteiger partial charge in [-0.15, -0.1) is 0 Å². The Kier molecular flexibility index (Phi) is 7.09. The molecule has 0 unspecified atom stereocenters. The summed E-state index contributed by atoms with van der Waals surface area (Å²) >= 11 is 3.51. The first-order valence-electron chi connectivity index (χ1n) is 9.94. The van der Waals surface area contributed by atoms with Crippen LogP contribution in [0, 0.1) is 0 Å². The van der Waals surface area contributed by atoms with Gasteiger partial charge in [-0.2, -0.15) is 5.10 Å². The minimum atomic E-state index is -0.365. The number of nitrogens with zero attached hydrogens (tertiary/aromatic N) is 2. The number of ether oxygens (including phenoxy) is 2. The fourth-order valence-corrected chi connectivity index (χ4v) is 3.51. The molecule has 0 aliphatic carbocycles. The summed E-state index contributed by atoms with van der Waals surface area (Å²) in [5, 5.41) is 4.95. The van der Waals surface area contributed by atoms with Crippen molar-refractivity contribution in [3.63, 3.8) is 0 Å². The van der Waals surface area contributed by atoms with Crippen molar-refractivity contribution in [1.82, 2.24) is 10.4 Å². The van der Waals surface area contributed by atoms with E-state index in [0.717, 1.165) is 26.7 Å². The van der Waals surface area contributed by atoms with E-state index in [1.165, 1.54) is 0 Å². The van der Waals surface area contributed by atoms with Crippen molar-refractivity contribution in [3.8, 4) is 11.5 Å². The Morgan fingerprint density at radius 1 is 0.969 bits per heavy atom. The van der Waals surface area contributed by atoms with Crippen molar-refractivity contribution >= 4 is 39.0 Å². The van der Waals surface area contributed by atoms with E-state index in [9.17, 15) is 4.79 Å². The highest BCUT2D eigenvalue weighted by atomic mass is 79.9. The molecule has 7 heteroatoms. The highest BCUT2D eigenvalue weighted by molar-refractivity contribution is 9.10. The number of para-hydroxylation sites is 1. The van der Waals surface area contributed by atoms with Crippen molar-refractivity contribution in [2.24, 2.45) is 5.10 Å². The van der Waals surface area contributed by atoms with Crippen molar-refractivity contribution in [2.45, 2.75) is 6.61 Å². The number of amides is 1. The number of rotatable bonds is 8. The summed E-state index contributed by atoms with van der Waals surface area (Å²) in [4.78, 5) is 16.4. The topological polar surface area (TPSA) is 72.8 Å². The number of hydrogen-bond donors (Lipinski definition) is 1. The molecule has 160 valence electrons. The lowest BCUT2D eigenvalue weighted by Gasteiger charge is -2.09. The molecule has 1 heterocycles. The van der Waals surface area contributed by atoms with Crippen LogP contribution in [-0.2, 0) is 11.4 Å². The Labute approximate surface area is 194 Å². The number of pyridine rings is 1. The van der Waals surface area contributed by atoms with Crippen LogP contribution in [-0.4, -0.2) is 23.7 Å². The van der Waals surface area contributed by atoms with Crippen LogP contribution in [0.15, 0.2) is 94.6 Å². The van der Waals surface area contributed by atoms with Crippen LogP contribution in [0.3, 0.4) is 0 Å². The van der Waals surface area contributed by atoms with Crippen LogP contribution in [0.5, 0.6) is 11.5 Å². The van der Waals surface area contributed by atoms with E-state index in [4.69, 9.17) is 9.47 Å². The minimum absolute atomic E-state index is 0.164. The Hall–Kier alpha value is -3.71. The largest absolute Gasteiger partial charge is 0.488 e. The normalized spacial score (nSPS) is 10.9. The maximum absolute atomic E-state index is 12.1. The molecule has 1 N–H and O–H groups in total. The predicted octanol–water partition coefficient (Wildman–Crippen LogP) is 5.11. The first kappa shape index (κ1) is 21.5. The molecule has 4 rings (SSSR count). The maximum atomic E-state index is 12.1. The van der Waals surface area contributed by atoms with E-state index >= 15 is 0 Å². The van der Waals surface area contributed by atoms with Gasteiger partial charge in [-0.1, -0.05) is 48.5 Å². The fourth-order valence-electron chi connectivity index (χ4n) is 3.00. The van der Waals surface area contributed by atoms with E-state index in [2.05, 4.69) is 31.4 Å². The summed E-state index contributed by atoms with van der Waals surface area (Å²) in [6, 6.07) is 24.9. The molecule has 4 aromatic rings. The molecule has 3 aromatic carbocycles. The molecule has 0 spiro atoms. The van der Waals surface area contributed by atoms with Crippen molar-refractivity contribution in [3.05, 3.63) is 101 Å². The molecule has 0 aliphatic rings. The summed E-state index contributed by atoms with van der Waals surface area (Å²) in [5.74, 6) is 0.917. The van der Waals surface area contributed by atoms with Gasteiger partial charge in [0.05, 0.1) is 10.7 Å². The zero-order chi connectivity index (χ0) is 22.2. The summed E-state index contributed by atoms with van der Waals surface area (Å²) < 4.78 is 12.3. The third-order valence-corrected chi connectivity index (χ3v) is 5.17. The predicted molar refractivity (Wildman–Crippen MR) is 128 cm³/mol. The molecule has 6 nitrogen and oxygen atoms in total. The lowest BCUT2D eigenvalue weighted by molar-refractivity contribution is -0.123. The molecule has 0 bridgehead atoms. The number of nitrogens with one attached hydrogen (secondary N) is 1. The molecule has 1 amide bonds. The number of benzene rings is 3. The number of carbonyl (C=O) groups is 1. The molecule has 0 radical (unpaired) electrons. The minimum Gasteiger partial charge on any atom is -0.488 e. The van der Waals surface area contributed by atoms with Crippen LogP contribution in [0.1, 0.15) is 11.1 Å². The summed E-state index contributed by atoms with van der Waals surface area (Å²) in [6.07, 6.45) is 3.25. The van der Waals surface area contributed by atoms with Gasteiger partial charge in [-0.05, 0) is 57.4 Å². The third kappa shape index (κ3) is 5.70. The SMILES string of the molecule is O=C(COc1cccc2cccnc12)N/N=C\c1ccc(OCc2ccccc2)c(Br)c1. The average Bonchev–Trinajstić information content (AvgIpc) is 2.83. The van der Waals surface area contributed by atoms with Gasteiger partial charge >= 0.3 is 0 Å². The van der Waals surface area contributed by atoms with Gasteiger partial charge in [-0.3, -0.25) is 9.78 Å². The summed E-state index contributed by atoms with van der Waals surface area (Å²) in [7, 11) is 0. The molecule has 0 saturated carbocycles. The number of halogens is 1. The van der Waals surface area contributed by atoms with Crippen LogP contribution >= 0.6 is 15.9 Å². The zero-order valence-electron chi connectivity index (χ0n) is 17.1. The fraction of sp³-hybridized carbons (Fsp3) is 0.0800. The van der Waals surface area contributed by atoms with Crippen LogP contribution in [0.2, 0.25) is 0 Å². The van der Waals surface area contributed by atoms with Gasteiger partial charge in [0, 0.05) is 11.6 Å². The van der Waals surface area contributed by atoms with Crippen molar-refractivity contribution in [1.29, 1.82) is 0 Å². The Balaban J connectivity index is 1.28. The number of carbonyl (C=O) groups excluding carboxylic acids is 1. The number of aromatic nitrogens is 1. The molecule has 0 saturated heterocycles. The molecule has 0 aliphatic heterocycles. The van der Waals surface area contributed by atoms with E-state index in [-0.39, 0.29) is 12.5 Å². The van der Waals surface area contributed by atoms with Gasteiger partial charge in [-0.25, -0.2) is 5.43 Å². The summed E-state index contributed by atoms with van der Waals surface area (Å²) in [5.41, 5.74) is 5.08. The standard InChI is InChI=1S/C25H20BrN3O3/c26-21-14-19(11-12-22(21)31-16-18-6-2-1-3-7-18)15-28-29-24(30)17-32-23-10-4-8-20-9-5-13-27-25(20)23/h1-15H,16-17H2,(H,29,30)/b28-15-. The number of hydrogen-bond acceptors (Lipinski definition) is 5. The average molecular weight is 490 g/mol. The molecular formula is C25H20BrN3O3. The number of fused-ring (bicyclic) bond motifs is 1. The van der Waals surface area contributed by atoms with E-state index in [1.54, 1.807) is 18.5 Å². The lowest BCUT2D eigenvalue weighted by atomic mass is 10.2. The second kappa shape index (κ2) is 10.5. The highest BCUT2D eigenvalue weighted by Crippen LogP contribution is 2.26. The lowest BCUT2D eigenvalue weighted by Crippen LogP contribution is -2.24. The second-order valence-corrected chi connectivity index (χ2v) is 7.73.